The summed E-state index contributed by atoms with van der Waals surface area (Å²) >= 11 is 6.47. The Balaban J connectivity index is 1.46. The first-order valence-corrected chi connectivity index (χ1v) is 12.9. The molecule has 1 aromatic heterocycles. The predicted molar refractivity (Wildman–Crippen MR) is 153 cm³/mol. The summed E-state index contributed by atoms with van der Waals surface area (Å²) in [6.45, 7) is 1.69. The number of fused-ring (bicyclic) bond motifs is 1. The molecule has 1 aliphatic rings. The SMILES string of the molecule is COc1cc2ncc(C#N)c(Nc3ccc(Oc4cccc(F)c4)c(Cl)c3)c2cc1NC(=O)C=C1CCNCC1. The Bertz CT molecular complexity index is 1660. The minimum atomic E-state index is -0.421. The van der Waals surface area contributed by atoms with E-state index in [9.17, 15) is 14.4 Å². The lowest BCUT2D eigenvalue weighted by Crippen LogP contribution is -2.24. The van der Waals surface area contributed by atoms with Crippen molar-refractivity contribution in [2.24, 2.45) is 0 Å². The van der Waals surface area contributed by atoms with Gasteiger partial charge < -0.3 is 25.4 Å². The molecule has 1 fully saturated rings. The first-order valence-electron chi connectivity index (χ1n) is 12.6. The number of rotatable bonds is 7. The maximum Gasteiger partial charge on any atom is 0.248 e. The maximum atomic E-state index is 13.5. The summed E-state index contributed by atoms with van der Waals surface area (Å²) in [5.74, 6) is 0.420. The fraction of sp³-hybridized carbons (Fsp3) is 0.167. The fourth-order valence-corrected chi connectivity index (χ4v) is 4.63. The number of hydrogen-bond acceptors (Lipinski definition) is 7. The molecule has 0 unspecified atom stereocenters. The van der Waals surface area contributed by atoms with Crippen LogP contribution in [0, 0.1) is 17.1 Å². The van der Waals surface area contributed by atoms with Crippen molar-refractivity contribution < 1.29 is 18.7 Å². The molecule has 0 aliphatic carbocycles. The van der Waals surface area contributed by atoms with Gasteiger partial charge in [-0.05, 0) is 62.3 Å². The van der Waals surface area contributed by atoms with Gasteiger partial charge in [-0.3, -0.25) is 9.78 Å². The number of carbonyl (C=O) groups excluding carboxylic acids is 1. The van der Waals surface area contributed by atoms with E-state index in [1.54, 1.807) is 48.5 Å². The first kappa shape index (κ1) is 26.9. The molecule has 0 atom stereocenters. The summed E-state index contributed by atoms with van der Waals surface area (Å²) in [5.41, 5.74) is 3.44. The Hall–Kier alpha value is -4.65. The quantitative estimate of drug-likeness (QED) is 0.217. The fourth-order valence-electron chi connectivity index (χ4n) is 4.42. The Labute approximate surface area is 235 Å². The van der Waals surface area contributed by atoms with E-state index in [1.807, 2.05) is 0 Å². The van der Waals surface area contributed by atoms with Crippen molar-refractivity contribution in [3.05, 3.63) is 88.8 Å². The van der Waals surface area contributed by atoms with Crippen LogP contribution in [0.25, 0.3) is 10.9 Å². The number of halogens is 2. The van der Waals surface area contributed by atoms with Crippen molar-refractivity contribution in [2.75, 3.05) is 30.8 Å². The van der Waals surface area contributed by atoms with Crippen LogP contribution >= 0.6 is 11.6 Å². The highest BCUT2D eigenvalue weighted by Gasteiger charge is 2.16. The van der Waals surface area contributed by atoms with Crippen LogP contribution in [-0.4, -0.2) is 31.1 Å². The van der Waals surface area contributed by atoms with Gasteiger partial charge in [-0.1, -0.05) is 23.2 Å². The molecule has 3 aromatic carbocycles. The number of carbonyl (C=O) groups is 1. The molecule has 40 heavy (non-hydrogen) atoms. The van der Waals surface area contributed by atoms with Gasteiger partial charge in [-0.25, -0.2) is 4.39 Å². The lowest BCUT2D eigenvalue weighted by atomic mass is 10.0. The highest BCUT2D eigenvalue weighted by molar-refractivity contribution is 6.32. The normalized spacial score (nSPS) is 12.9. The zero-order chi connectivity index (χ0) is 28.1. The molecule has 1 saturated heterocycles. The number of hydrogen-bond donors (Lipinski definition) is 3. The average Bonchev–Trinajstić information content (AvgIpc) is 2.95. The molecule has 202 valence electrons. The number of pyridine rings is 1. The van der Waals surface area contributed by atoms with E-state index in [4.69, 9.17) is 21.1 Å². The molecule has 2 heterocycles. The van der Waals surface area contributed by atoms with Crippen molar-refractivity contribution in [1.82, 2.24) is 10.3 Å². The molecule has 3 N–H and O–H groups in total. The topological polar surface area (TPSA) is 108 Å². The summed E-state index contributed by atoms with van der Waals surface area (Å²) in [6.07, 6.45) is 4.73. The number of benzene rings is 3. The van der Waals surface area contributed by atoms with Gasteiger partial charge in [-0.2, -0.15) is 5.26 Å². The van der Waals surface area contributed by atoms with E-state index in [0.717, 1.165) is 31.5 Å². The monoisotopic (exact) mass is 557 g/mol. The van der Waals surface area contributed by atoms with Crippen molar-refractivity contribution in [3.8, 4) is 23.3 Å². The van der Waals surface area contributed by atoms with Crippen molar-refractivity contribution >= 4 is 45.5 Å². The van der Waals surface area contributed by atoms with E-state index in [-0.39, 0.29) is 10.9 Å². The second-order valence-electron chi connectivity index (χ2n) is 9.10. The van der Waals surface area contributed by atoms with E-state index >= 15 is 0 Å². The number of nitrogens with one attached hydrogen (secondary N) is 3. The summed E-state index contributed by atoms with van der Waals surface area (Å²) < 4.78 is 24.8. The van der Waals surface area contributed by atoms with Gasteiger partial charge in [0.2, 0.25) is 5.91 Å². The van der Waals surface area contributed by atoms with Gasteiger partial charge in [0.05, 0.1) is 34.6 Å². The summed E-state index contributed by atoms with van der Waals surface area (Å²) in [6, 6.07) is 16.4. The Morgan fingerprint density at radius 1 is 1.15 bits per heavy atom. The van der Waals surface area contributed by atoms with Gasteiger partial charge in [0.15, 0.2) is 0 Å². The number of aromatic nitrogens is 1. The smallest absolute Gasteiger partial charge is 0.248 e. The largest absolute Gasteiger partial charge is 0.494 e. The van der Waals surface area contributed by atoms with Crippen molar-refractivity contribution in [1.29, 1.82) is 5.26 Å². The molecule has 0 radical (unpaired) electrons. The van der Waals surface area contributed by atoms with Crippen LogP contribution in [0.15, 0.2) is 72.4 Å². The van der Waals surface area contributed by atoms with Crippen LogP contribution < -0.4 is 25.4 Å². The number of anilines is 3. The number of piperidine rings is 1. The van der Waals surface area contributed by atoms with E-state index < -0.39 is 5.82 Å². The van der Waals surface area contributed by atoms with E-state index in [2.05, 4.69) is 27.0 Å². The highest BCUT2D eigenvalue weighted by Crippen LogP contribution is 2.38. The third kappa shape index (κ3) is 6.15. The standard InChI is InChI=1S/C30H25ClFN5O3/c1-39-28-15-25-23(14-26(28)37-29(38)11-18-7-9-34-10-8-18)30(19(16-33)17-35-25)36-21-5-6-27(24(31)13-21)40-22-4-2-3-20(32)12-22/h2-6,11-15,17,34H,7-10H2,1H3,(H,35,36)(H,37,38). The number of nitriles is 1. The van der Waals surface area contributed by atoms with Crippen LogP contribution in [0.2, 0.25) is 5.02 Å². The molecule has 0 saturated carbocycles. The summed E-state index contributed by atoms with van der Waals surface area (Å²) in [5, 5.41) is 20.1. The Morgan fingerprint density at radius 2 is 1.98 bits per heavy atom. The molecule has 4 aromatic rings. The van der Waals surface area contributed by atoms with Crippen LogP contribution in [0.1, 0.15) is 18.4 Å². The molecule has 8 nitrogen and oxygen atoms in total. The number of methoxy groups -OCH3 is 1. The van der Waals surface area contributed by atoms with Gasteiger partial charge in [0, 0.05) is 35.5 Å². The van der Waals surface area contributed by atoms with Gasteiger partial charge in [-0.15, -0.1) is 0 Å². The van der Waals surface area contributed by atoms with Crippen LogP contribution in [0.3, 0.4) is 0 Å². The molecule has 0 spiro atoms. The number of ether oxygens (including phenoxy) is 2. The maximum absolute atomic E-state index is 13.5. The van der Waals surface area contributed by atoms with E-state index in [0.29, 0.717) is 50.8 Å². The van der Waals surface area contributed by atoms with Crippen LogP contribution in [-0.2, 0) is 4.79 Å². The van der Waals surface area contributed by atoms with Crippen LogP contribution in [0.4, 0.5) is 21.5 Å². The minimum Gasteiger partial charge on any atom is -0.494 e. The summed E-state index contributed by atoms with van der Waals surface area (Å²) in [4.78, 5) is 17.2. The third-order valence-electron chi connectivity index (χ3n) is 6.37. The molecule has 0 bridgehead atoms. The average molecular weight is 558 g/mol. The second kappa shape index (κ2) is 12.0. The number of nitrogens with zero attached hydrogens (tertiary/aromatic N) is 2. The van der Waals surface area contributed by atoms with Gasteiger partial charge in [0.1, 0.15) is 29.1 Å². The molecule has 1 amide bonds. The number of amides is 1. The third-order valence-corrected chi connectivity index (χ3v) is 6.67. The molecular weight excluding hydrogens is 533 g/mol. The Morgan fingerprint density at radius 3 is 2.70 bits per heavy atom. The lowest BCUT2D eigenvalue weighted by molar-refractivity contribution is -0.112. The zero-order valence-electron chi connectivity index (χ0n) is 21.6. The highest BCUT2D eigenvalue weighted by atomic mass is 35.5. The van der Waals surface area contributed by atoms with Gasteiger partial charge in [0.25, 0.3) is 0 Å². The van der Waals surface area contributed by atoms with Crippen LogP contribution in [0.5, 0.6) is 17.2 Å². The van der Waals surface area contributed by atoms with Gasteiger partial charge >= 0.3 is 0 Å². The lowest BCUT2D eigenvalue weighted by Gasteiger charge is -2.17. The first-order chi connectivity index (χ1) is 19.4. The molecule has 10 heteroatoms. The predicted octanol–water partition coefficient (Wildman–Crippen LogP) is 6.69. The van der Waals surface area contributed by atoms with Crippen molar-refractivity contribution in [2.45, 2.75) is 12.8 Å². The Kier molecular flexibility index (Phi) is 8.10. The summed E-state index contributed by atoms with van der Waals surface area (Å²) in [7, 11) is 1.51. The second-order valence-corrected chi connectivity index (χ2v) is 9.51. The van der Waals surface area contributed by atoms with E-state index in [1.165, 1.54) is 25.4 Å². The molecular formula is C30H25ClFN5O3. The molecule has 5 rings (SSSR count). The van der Waals surface area contributed by atoms with Crippen molar-refractivity contribution in [3.63, 3.8) is 0 Å². The minimum absolute atomic E-state index is 0.255. The zero-order valence-corrected chi connectivity index (χ0v) is 22.3. The molecule has 1 aliphatic heterocycles.